The van der Waals surface area contributed by atoms with Crippen LogP contribution in [0.4, 0.5) is 13.2 Å². The molecule has 0 radical (unpaired) electrons. The highest BCUT2D eigenvalue weighted by molar-refractivity contribution is 5.99. The number of nitrogens with zero attached hydrogens (tertiary/aromatic N) is 1. The number of carbonyl (C=O) groups is 1. The second-order valence-electron chi connectivity index (χ2n) is 11.8. The fraction of sp³-hybridized carbons (Fsp3) is 0.500. The summed E-state index contributed by atoms with van der Waals surface area (Å²) in [6.45, 7) is 5.69. The minimum absolute atomic E-state index is 0.153. The van der Waals surface area contributed by atoms with Crippen LogP contribution >= 0.6 is 0 Å². The molecule has 2 heterocycles. The van der Waals surface area contributed by atoms with Gasteiger partial charge in [-0.2, -0.15) is 13.2 Å². The molecule has 7 atom stereocenters. The number of alkyl halides is 3. The molecule has 3 aliphatic carbocycles. The lowest BCUT2D eigenvalue weighted by molar-refractivity contribution is -0.942. The number of ether oxygens (including phenoxy) is 1. The maximum Gasteiger partial charge on any atom is 0.421 e. The van der Waals surface area contributed by atoms with Crippen LogP contribution in [0.5, 0.6) is 0 Å². The monoisotopic (exact) mass is 527 g/mol. The first-order valence-electron chi connectivity index (χ1n) is 13.4. The number of hydrogen-bond donors (Lipinski definition) is 2. The molecule has 2 saturated carbocycles. The van der Waals surface area contributed by atoms with Crippen molar-refractivity contribution in [3.05, 3.63) is 77.6 Å². The van der Waals surface area contributed by atoms with E-state index in [1.165, 1.54) is 18.2 Å². The fourth-order valence-corrected chi connectivity index (χ4v) is 8.55. The van der Waals surface area contributed by atoms with Crippen LogP contribution < -0.4 is 5.32 Å². The zero-order valence-electron chi connectivity index (χ0n) is 21.5. The highest BCUT2D eigenvalue weighted by Crippen LogP contribution is 2.70. The minimum Gasteiger partial charge on any atom is -0.508 e. The summed E-state index contributed by atoms with van der Waals surface area (Å²) in [5.41, 5.74) is -1.96. The van der Waals surface area contributed by atoms with Crippen LogP contribution in [-0.2, 0) is 9.53 Å². The van der Waals surface area contributed by atoms with Gasteiger partial charge in [-0.15, -0.1) is 0 Å². The van der Waals surface area contributed by atoms with Crippen molar-refractivity contribution in [1.82, 2.24) is 5.32 Å². The Kier molecular flexibility index (Phi) is 5.74. The summed E-state index contributed by atoms with van der Waals surface area (Å²) in [7, 11) is 2.24. The Bertz CT molecular complexity index is 1250. The van der Waals surface area contributed by atoms with Crippen molar-refractivity contribution in [1.29, 1.82) is 0 Å². The summed E-state index contributed by atoms with van der Waals surface area (Å²) >= 11 is 0. The van der Waals surface area contributed by atoms with Crippen LogP contribution in [0, 0.1) is 17.3 Å². The quantitative estimate of drug-likeness (QED) is 0.305. The minimum atomic E-state index is -4.85. The van der Waals surface area contributed by atoms with Gasteiger partial charge in [0, 0.05) is 30.1 Å². The second kappa shape index (κ2) is 8.58. The SMILES string of the molecule is C=CC[N+]1(C)CC[C@]23C4C5=C(O)C=CC4(NC(=O)C(=Cc4ccccc4)C(F)(F)F)O[C@H]2CCC[C@H]3[C@H]1C5. The van der Waals surface area contributed by atoms with Crippen LogP contribution in [0.2, 0.25) is 0 Å². The fourth-order valence-electron chi connectivity index (χ4n) is 8.55. The van der Waals surface area contributed by atoms with Gasteiger partial charge in [-0.1, -0.05) is 43.3 Å². The maximum absolute atomic E-state index is 14.2. The summed E-state index contributed by atoms with van der Waals surface area (Å²) in [5, 5.41) is 13.8. The Hall–Kier alpha value is -2.84. The van der Waals surface area contributed by atoms with E-state index in [1.807, 2.05) is 6.08 Å². The van der Waals surface area contributed by atoms with Gasteiger partial charge in [0.15, 0.2) is 5.72 Å². The number of likely N-dealkylation sites (N-methyl/N-ethyl adjacent to an activating group) is 1. The van der Waals surface area contributed by atoms with Crippen molar-refractivity contribution < 1.29 is 32.3 Å². The standard InChI is InChI=1S/C30H33F3N2O3/c1-3-15-35(2)16-14-28-21-10-7-11-25(28)38-29(13-12-24(36)20(26(28)29)18-23(21)35)34-27(37)22(30(31,32)33)17-19-8-5-4-6-9-19/h3-6,8-9,12-13,17,21,23,25-26H,1,7,10-11,14-16,18H2,2H3,(H-,34,36,37)/p+1/t21-,23+,25-,26?,28+,29?,35?/m0/s1. The number of hydrogen-bond acceptors (Lipinski definition) is 3. The van der Waals surface area contributed by atoms with Crippen LogP contribution in [0.1, 0.15) is 37.7 Å². The van der Waals surface area contributed by atoms with Crippen LogP contribution in [0.15, 0.2) is 72.0 Å². The third kappa shape index (κ3) is 3.56. The summed E-state index contributed by atoms with van der Waals surface area (Å²) < 4.78 is 50.0. The molecule has 8 heteroatoms. The molecule has 2 saturated heterocycles. The number of allylic oxidation sites excluding steroid dienone is 1. The van der Waals surface area contributed by atoms with Gasteiger partial charge >= 0.3 is 6.18 Å². The predicted molar refractivity (Wildman–Crippen MR) is 137 cm³/mol. The lowest BCUT2D eigenvalue weighted by Gasteiger charge is -2.63. The molecule has 5 aliphatic rings. The molecule has 1 aromatic carbocycles. The van der Waals surface area contributed by atoms with Crippen molar-refractivity contribution in [3.8, 4) is 0 Å². The molecule has 3 unspecified atom stereocenters. The molecule has 1 spiro atoms. The number of halogens is 3. The average Bonchev–Trinajstić information content (AvgIpc) is 3.15. The van der Waals surface area contributed by atoms with Crippen molar-refractivity contribution in [2.75, 3.05) is 20.1 Å². The first-order valence-corrected chi connectivity index (χ1v) is 13.4. The summed E-state index contributed by atoms with van der Waals surface area (Å²) in [6.07, 6.45) is 5.07. The Morgan fingerprint density at radius 2 is 2.05 bits per heavy atom. The lowest BCUT2D eigenvalue weighted by atomic mass is 9.46. The summed E-state index contributed by atoms with van der Waals surface area (Å²) in [6, 6.07) is 8.28. The average molecular weight is 528 g/mol. The highest BCUT2D eigenvalue weighted by atomic mass is 19.4. The molecule has 1 amide bonds. The molecule has 2 N–H and O–H groups in total. The van der Waals surface area contributed by atoms with E-state index in [0.717, 1.165) is 54.9 Å². The number of benzene rings is 1. The predicted octanol–water partition coefficient (Wildman–Crippen LogP) is 5.44. The van der Waals surface area contributed by atoms with E-state index in [9.17, 15) is 23.1 Å². The Morgan fingerprint density at radius 1 is 1.29 bits per heavy atom. The van der Waals surface area contributed by atoms with Gasteiger partial charge in [0.25, 0.3) is 5.91 Å². The van der Waals surface area contributed by atoms with Gasteiger partial charge < -0.3 is 19.6 Å². The van der Waals surface area contributed by atoms with Gasteiger partial charge in [-0.3, -0.25) is 4.79 Å². The zero-order chi connectivity index (χ0) is 26.9. The molecule has 202 valence electrons. The molecule has 2 bridgehead atoms. The molecule has 38 heavy (non-hydrogen) atoms. The van der Waals surface area contributed by atoms with Gasteiger partial charge in [0.05, 0.1) is 32.3 Å². The highest BCUT2D eigenvalue weighted by Gasteiger charge is 2.75. The molecule has 0 aromatic heterocycles. The van der Waals surface area contributed by atoms with E-state index in [2.05, 4.69) is 18.9 Å². The number of aliphatic hydroxyl groups is 1. The van der Waals surface area contributed by atoms with E-state index in [-0.39, 0.29) is 34.8 Å². The van der Waals surface area contributed by atoms with Crippen molar-refractivity contribution >= 4 is 12.0 Å². The Morgan fingerprint density at radius 3 is 2.76 bits per heavy atom. The third-order valence-corrected chi connectivity index (χ3v) is 10.0. The van der Waals surface area contributed by atoms with Crippen LogP contribution in [0.25, 0.3) is 6.08 Å². The number of quaternary nitrogens is 1. The number of aliphatic hydroxyl groups excluding tert-OH is 1. The van der Waals surface area contributed by atoms with Gasteiger partial charge in [0.1, 0.15) is 11.3 Å². The summed E-state index contributed by atoms with van der Waals surface area (Å²) in [4.78, 5) is 13.4. The summed E-state index contributed by atoms with van der Waals surface area (Å²) in [5.74, 6) is -1.18. The normalized spacial score (nSPS) is 39.5. The maximum atomic E-state index is 14.2. The number of likely N-dealkylation sites (tertiary alicyclic amines) is 1. The van der Waals surface area contributed by atoms with E-state index < -0.39 is 29.3 Å². The Balaban J connectivity index is 1.42. The number of nitrogens with one attached hydrogen (secondary N) is 1. The molecular weight excluding hydrogens is 493 g/mol. The molecule has 2 aliphatic heterocycles. The van der Waals surface area contributed by atoms with Crippen molar-refractivity contribution in [3.63, 3.8) is 0 Å². The topological polar surface area (TPSA) is 58.6 Å². The van der Waals surface area contributed by atoms with Gasteiger partial charge in [-0.25, -0.2) is 0 Å². The number of piperidine rings is 1. The van der Waals surface area contributed by atoms with E-state index >= 15 is 0 Å². The molecule has 4 fully saturated rings. The number of carbonyl (C=O) groups excluding carboxylic acids is 1. The Labute approximate surface area is 220 Å². The first-order chi connectivity index (χ1) is 18.0. The third-order valence-electron chi connectivity index (χ3n) is 10.0. The van der Waals surface area contributed by atoms with Crippen LogP contribution in [-0.4, -0.2) is 59.7 Å². The van der Waals surface area contributed by atoms with E-state index in [1.54, 1.807) is 24.3 Å². The molecule has 6 rings (SSSR count). The van der Waals surface area contributed by atoms with E-state index in [0.29, 0.717) is 6.42 Å². The smallest absolute Gasteiger partial charge is 0.421 e. The zero-order valence-corrected chi connectivity index (χ0v) is 21.5. The lowest BCUT2D eigenvalue weighted by Crippen LogP contribution is -2.71. The molecular formula is C30H34F3N2O3+. The molecule has 5 nitrogen and oxygen atoms in total. The van der Waals surface area contributed by atoms with Gasteiger partial charge in [-0.05, 0) is 48.3 Å². The first kappa shape index (κ1) is 25.4. The largest absolute Gasteiger partial charge is 0.508 e. The molecule has 1 aromatic rings. The number of rotatable bonds is 5. The second-order valence-corrected chi connectivity index (χ2v) is 11.8. The van der Waals surface area contributed by atoms with Gasteiger partial charge in [0.2, 0.25) is 0 Å². The van der Waals surface area contributed by atoms with Crippen molar-refractivity contribution in [2.24, 2.45) is 17.3 Å². The van der Waals surface area contributed by atoms with E-state index in [4.69, 9.17) is 4.74 Å². The van der Waals surface area contributed by atoms with Crippen LogP contribution in [0.3, 0.4) is 0 Å². The van der Waals surface area contributed by atoms with Crippen molar-refractivity contribution in [2.45, 2.75) is 56.2 Å². The number of amides is 1.